The maximum Gasteiger partial charge on any atom is 0.238 e. The van der Waals surface area contributed by atoms with Gasteiger partial charge in [-0.1, -0.05) is 19.4 Å². The number of hydrogen-bond donors (Lipinski definition) is 1. The van der Waals surface area contributed by atoms with Crippen molar-refractivity contribution >= 4 is 34.4 Å². The molecule has 102 valence electrons. The lowest BCUT2D eigenvalue weighted by atomic mass is 10.2. The van der Waals surface area contributed by atoms with E-state index in [9.17, 15) is 4.79 Å². The number of carbonyl (C=O) groups excluding carboxylic acids is 1. The first-order valence-corrected chi connectivity index (χ1v) is 7.13. The first-order chi connectivity index (χ1) is 9.20. The van der Waals surface area contributed by atoms with Gasteiger partial charge in [0.15, 0.2) is 0 Å². The first kappa shape index (κ1) is 13.9. The molecule has 1 heterocycles. The Bertz CT molecular complexity index is 554. The Labute approximate surface area is 117 Å². The van der Waals surface area contributed by atoms with E-state index < -0.39 is 0 Å². The molecule has 2 rings (SSSR count). The Morgan fingerprint density at radius 1 is 1.42 bits per heavy atom. The lowest BCUT2D eigenvalue weighted by Gasteiger charge is -2.15. The molecule has 1 aromatic carbocycles. The van der Waals surface area contributed by atoms with Crippen molar-refractivity contribution in [2.24, 2.45) is 0 Å². The molecule has 0 atom stereocenters. The van der Waals surface area contributed by atoms with E-state index in [0.717, 1.165) is 47.8 Å². The van der Waals surface area contributed by atoms with Crippen molar-refractivity contribution in [3.05, 3.63) is 18.2 Å². The number of benzene rings is 1. The molecule has 0 aliphatic heterocycles. The summed E-state index contributed by atoms with van der Waals surface area (Å²) in [6, 6.07) is 5.62. The zero-order valence-electron chi connectivity index (χ0n) is 11.2. The van der Waals surface area contributed by atoms with Crippen LogP contribution in [0.15, 0.2) is 18.2 Å². The van der Waals surface area contributed by atoms with Crippen LogP contribution in [0.5, 0.6) is 0 Å². The van der Waals surface area contributed by atoms with E-state index in [1.54, 1.807) is 0 Å². The first-order valence-electron chi connectivity index (χ1n) is 6.40. The highest BCUT2D eigenvalue weighted by molar-refractivity contribution is 7.00. The number of carbonyl (C=O) groups is 1. The summed E-state index contributed by atoms with van der Waals surface area (Å²) in [5.41, 5.74) is 2.32. The lowest BCUT2D eigenvalue weighted by molar-refractivity contribution is -0.117. The Morgan fingerprint density at radius 3 is 3.05 bits per heavy atom. The summed E-state index contributed by atoms with van der Waals surface area (Å²) in [6.07, 6.45) is 2.24. The van der Waals surface area contributed by atoms with E-state index in [2.05, 4.69) is 21.0 Å². The van der Waals surface area contributed by atoms with Gasteiger partial charge in [0.2, 0.25) is 5.91 Å². The van der Waals surface area contributed by atoms with Crippen LogP contribution in [-0.4, -0.2) is 39.7 Å². The molecule has 1 aromatic heterocycles. The third kappa shape index (κ3) is 3.71. The van der Waals surface area contributed by atoms with E-state index in [1.807, 2.05) is 30.1 Å². The quantitative estimate of drug-likeness (QED) is 0.881. The van der Waals surface area contributed by atoms with Gasteiger partial charge in [0.05, 0.1) is 24.0 Å². The molecule has 0 saturated carbocycles. The summed E-state index contributed by atoms with van der Waals surface area (Å²) in [5, 5.41) is 2.90. The van der Waals surface area contributed by atoms with Crippen LogP contribution in [0.1, 0.15) is 19.8 Å². The van der Waals surface area contributed by atoms with E-state index >= 15 is 0 Å². The number of hydrogen-bond acceptors (Lipinski definition) is 5. The Morgan fingerprint density at radius 2 is 2.26 bits per heavy atom. The molecular formula is C13H18N4OS. The Balaban J connectivity index is 1.97. The second-order valence-electron chi connectivity index (χ2n) is 4.58. The van der Waals surface area contributed by atoms with Crippen LogP contribution in [0, 0.1) is 0 Å². The number of anilines is 1. The van der Waals surface area contributed by atoms with Crippen molar-refractivity contribution in [1.82, 2.24) is 13.6 Å². The fraction of sp³-hybridized carbons (Fsp3) is 0.462. The van der Waals surface area contributed by atoms with E-state index in [0.29, 0.717) is 6.54 Å². The Hall–Kier alpha value is -1.53. The summed E-state index contributed by atoms with van der Waals surface area (Å²) in [5.74, 6) is -0.0147. The fourth-order valence-corrected chi connectivity index (χ4v) is 2.40. The number of aromatic nitrogens is 2. The van der Waals surface area contributed by atoms with Crippen LogP contribution in [-0.2, 0) is 4.79 Å². The SMILES string of the molecule is CCCCN(C)CC(=O)Nc1cccc2nsnc12. The molecule has 1 N–H and O–H groups in total. The van der Waals surface area contributed by atoms with Crippen molar-refractivity contribution in [3.63, 3.8) is 0 Å². The van der Waals surface area contributed by atoms with Gasteiger partial charge >= 0.3 is 0 Å². The molecule has 1 amide bonds. The number of nitrogens with zero attached hydrogens (tertiary/aromatic N) is 3. The number of fused-ring (bicyclic) bond motifs is 1. The molecule has 0 fully saturated rings. The number of amides is 1. The minimum absolute atomic E-state index is 0.0147. The van der Waals surface area contributed by atoms with Gasteiger partial charge in [-0.2, -0.15) is 8.75 Å². The van der Waals surface area contributed by atoms with Gasteiger partial charge in [0.1, 0.15) is 11.0 Å². The second kappa shape index (κ2) is 6.58. The zero-order chi connectivity index (χ0) is 13.7. The molecule has 19 heavy (non-hydrogen) atoms. The van der Waals surface area contributed by atoms with Gasteiger partial charge in [-0.15, -0.1) is 0 Å². The highest BCUT2D eigenvalue weighted by Crippen LogP contribution is 2.20. The largest absolute Gasteiger partial charge is 0.323 e. The van der Waals surface area contributed by atoms with Gasteiger partial charge < -0.3 is 5.32 Å². The second-order valence-corrected chi connectivity index (χ2v) is 5.11. The maximum absolute atomic E-state index is 12.0. The van der Waals surface area contributed by atoms with Crippen molar-refractivity contribution in [2.75, 3.05) is 25.5 Å². The van der Waals surface area contributed by atoms with Gasteiger partial charge in [-0.25, -0.2) is 0 Å². The van der Waals surface area contributed by atoms with Gasteiger partial charge in [0, 0.05) is 0 Å². The van der Waals surface area contributed by atoms with Crippen LogP contribution < -0.4 is 5.32 Å². The minimum Gasteiger partial charge on any atom is -0.323 e. The number of rotatable bonds is 6. The molecule has 0 aliphatic carbocycles. The van der Waals surface area contributed by atoms with Gasteiger partial charge in [0.25, 0.3) is 0 Å². The molecule has 0 bridgehead atoms. The summed E-state index contributed by atoms with van der Waals surface area (Å²) >= 11 is 1.16. The average molecular weight is 278 g/mol. The molecule has 2 aromatic rings. The van der Waals surface area contributed by atoms with E-state index in [1.165, 1.54) is 0 Å². The molecule has 0 spiro atoms. The third-order valence-electron chi connectivity index (χ3n) is 2.87. The normalized spacial score (nSPS) is 11.1. The molecule has 0 aliphatic rings. The standard InChI is InChI=1S/C13H18N4OS/c1-3-4-8-17(2)9-12(18)14-10-6-5-7-11-13(10)16-19-15-11/h5-7H,3-4,8-9H2,1-2H3,(H,14,18). The van der Waals surface area contributed by atoms with E-state index in [-0.39, 0.29) is 5.91 Å². The molecule has 0 saturated heterocycles. The third-order valence-corrected chi connectivity index (χ3v) is 3.41. The predicted octanol–water partition coefficient (Wildman–Crippen LogP) is 2.36. The Kier molecular flexibility index (Phi) is 4.81. The van der Waals surface area contributed by atoms with Crippen LogP contribution >= 0.6 is 11.7 Å². The minimum atomic E-state index is -0.0147. The van der Waals surface area contributed by atoms with Crippen molar-refractivity contribution in [3.8, 4) is 0 Å². The summed E-state index contributed by atoms with van der Waals surface area (Å²) < 4.78 is 8.36. The number of nitrogens with one attached hydrogen (secondary N) is 1. The molecule has 0 unspecified atom stereocenters. The van der Waals surface area contributed by atoms with Crippen molar-refractivity contribution in [1.29, 1.82) is 0 Å². The van der Waals surface area contributed by atoms with Gasteiger partial charge in [-0.05, 0) is 32.1 Å². The molecule has 6 heteroatoms. The van der Waals surface area contributed by atoms with Gasteiger partial charge in [-0.3, -0.25) is 9.69 Å². The van der Waals surface area contributed by atoms with Crippen LogP contribution in [0.25, 0.3) is 11.0 Å². The number of unbranched alkanes of at least 4 members (excludes halogenated alkanes) is 1. The maximum atomic E-state index is 12.0. The topological polar surface area (TPSA) is 58.1 Å². The molecular weight excluding hydrogens is 260 g/mol. The highest BCUT2D eigenvalue weighted by Gasteiger charge is 2.10. The average Bonchev–Trinajstić information content (AvgIpc) is 2.85. The van der Waals surface area contributed by atoms with Crippen LogP contribution in [0.2, 0.25) is 0 Å². The highest BCUT2D eigenvalue weighted by atomic mass is 32.1. The number of likely N-dealkylation sites (N-methyl/N-ethyl adjacent to an activating group) is 1. The predicted molar refractivity (Wildman–Crippen MR) is 78.4 cm³/mol. The summed E-state index contributed by atoms with van der Waals surface area (Å²) in [6.45, 7) is 3.48. The van der Waals surface area contributed by atoms with Crippen LogP contribution in [0.3, 0.4) is 0 Å². The smallest absolute Gasteiger partial charge is 0.238 e. The summed E-state index contributed by atoms with van der Waals surface area (Å²) in [4.78, 5) is 14.0. The monoisotopic (exact) mass is 278 g/mol. The molecule has 0 radical (unpaired) electrons. The zero-order valence-corrected chi connectivity index (χ0v) is 12.0. The summed E-state index contributed by atoms with van der Waals surface area (Å²) in [7, 11) is 1.96. The fourth-order valence-electron chi connectivity index (χ4n) is 1.85. The van der Waals surface area contributed by atoms with Crippen molar-refractivity contribution < 1.29 is 4.79 Å². The van der Waals surface area contributed by atoms with Crippen molar-refractivity contribution in [2.45, 2.75) is 19.8 Å². The molecule has 5 nitrogen and oxygen atoms in total. The van der Waals surface area contributed by atoms with Crippen LogP contribution in [0.4, 0.5) is 5.69 Å². The van der Waals surface area contributed by atoms with E-state index in [4.69, 9.17) is 0 Å². The lowest BCUT2D eigenvalue weighted by Crippen LogP contribution is -2.30.